The maximum absolute atomic E-state index is 10.1. The number of nitrogens with zero attached hydrogens (tertiary/aromatic N) is 3. The third kappa shape index (κ3) is 2.16. The van der Waals surface area contributed by atoms with Gasteiger partial charge in [-0.05, 0) is 29.6 Å². The highest BCUT2D eigenvalue weighted by Crippen LogP contribution is 2.29. The molecular formula is C17H13N3OS. The van der Waals surface area contributed by atoms with Crippen LogP contribution >= 0.6 is 11.3 Å². The van der Waals surface area contributed by atoms with Crippen LogP contribution in [0.25, 0.3) is 21.9 Å². The first kappa shape index (κ1) is 13.0. The lowest BCUT2D eigenvalue weighted by molar-refractivity contribution is 0.466. The molecule has 0 aliphatic heterocycles. The van der Waals surface area contributed by atoms with Crippen LogP contribution in [0.5, 0.6) is 5.75 Å². The van der Waals surface area contributed by atoms with Crippen LogP contribution in [0.3, 0.4) is 0 Å². The minimum atomic E-state index is 0.289. The maximum Gasteiger partial charge on any atom is 0.160 e. The Kier molecular flexibility index (Phi) is 3.12. The lowest BCUT2D eigenvalue weighted by Crippen LogP contribution is -2.02. The zero-order valence-corrected chi connectivity index (χ0v) is 12.5. The van der Waals surface area contributed by atoms with E-state index >= 15 is 0 Å². The van der Waals surface area contributed by atoms with Gasteiger partial charge in [-0.25, -0.2) is 9.97 Å². The molecule has 0 fully saturated rings. The van der Waals surface area contributed by atoms with E-state index in [9.17, 15) is 5.11 Å². The molecule has 0 radical (unpaired) electrons. The summed E-state index contributed by atoms with van der Waals surface area (Å²) in [7, 11) is 0. The summed E-state index contributed by atoms with van der Waals surface area (Å²) < 4.78 is 2.05. The van der Waals surface area contributed by atoms with Crippen LogP contribution in [0, 0.1) is 0 Å². The Morgan fingerprint density at radius 2 is 1.95 bits per heavy atom. The zero-order valence-electron chi connectivity index (χ0n) is 11.7. The number of benzene rings is 1. The molecule has 0 aliphatic rings. The predicted molar refractivity (Wildman–Crippen MR) is 88.0 cm³/mol. The molecule has 1 N–H and O–H groups in total. The van der Waals surface area contributed by atoms with E-state index in [1.165, 1.54) is 0 Å². The van der Waals surface area contributed by atoms with Gasteiger partial charge in [-0.2, -0.15) is 0 Å². The van der Waals surface area contributed by atoms with Crippen LogP contribution in [0.4, 0.5) is 0 Å². The van der Waals surface area contributed by atoms with Gasteiger partial charge < -0.3 is 9.67 Å². The Morgan fingerprint density at radius 1 is 1.05 bits per heavy atom. The van der Waals surface area contributed by atoms with Crippen LogP contribution in [-0.2, 0) is 6.54 Å². The van der Waals surface area contributed by atoms with Gasteiger partial charge in [0.1, 0.15) is 11.3 Å². The number of pyridine rings is 1. The number of aromatic nitrogens is 3. The number of thiophene rings is 1. The smallest absolute Gasteiger partial charge is 0.160 e. The van der Waals surface area contributed by atoms with E-state index in [2.05, 4.69) is 9.55 Å². The molecule has 0 unspecified atom stereocenters. The number of hydrogen-bond acceptors (Lipinski definition) is 4. The Bertz CT molecular complexity index is 928. The summed E-state index contributed by atoms with van der Waals surface area (Å²) in [6, 6.07) is 15.3. The predicted octanol–water partition coefficient (Wildman–Crippen LogP) is 3.91. The molecule has 3 aromatic heterocycles. The highest BCUT2D eigenvalue weighted by Gasteiger charge is 2.15. The fourth-order valence-electron chi connectivity index (χ4n) is 2.52. The molecule has 4 aromatic rings. The molecule has 4 nitrogen and oxygen atoms in total. The average Bonchev–Trinajstić information content (AvgIpc) is 3.17. The van der Waals surface area contributed by atoms with Gasteiger partial charge in [-0.3, -0.25) is 0 Å². The lowest BCUT2D eigenvalue weighted by atomic mass is 10.2. The summed E-state index contributed by atoms with van der Waals surface area (Å²) >= 11 is 1.65. The van der Waals surface area contributed by atoms with E-state index in [0.29, 0.717) is 6.54 Å². The zero-order chi connectivity index (χ0) is 14.9. The number of phenolic OH excluding ortho intramolecular Hbond substituents is 1. The van der Waals surface area contributed by atoms with Crippen molar-refractivity contribution < 1.29 is 5.11 Å². The maximum atomic E-state index is 10.1. The monoisotopic (exact) mass is 307 g/mol. The van der Waals surface area contributed by atoms with Gasteiger partial charge >= 0.3 is 0 Å². The molecule has 0 saturated heterocycles. The molecule has 0 spiro atoms. The van der Waals surface area contributed by atoms with E-state index in [0.717, 1.165) is 27.4 Å². The van der Waals surface area contributed by atoms with Crippen molar-refractivity contribution in [2.75, 3.05) is 0 Å². The quantitative estimate of drug-likeness (QED) is 0.624. The van der Waals surface area contributed by atoms with Crippen molar-refractivity contribution in [3.8, 4) is 16.5 Å². The summed E-state index contributed by atoms with van der Waals surface area (Å²) in [5, 5.41) is 12.1. The molecule has 3 heterocycles. The lowest BCUT2D eigenvalue weighted by Gasteiger charge is -2.09. The van der Waals surface area contributed by atoms with Crippen LogP contribution < -0.4 is 0 Å². The Morgan fingerprint density at radius 3 is 2.77 bits per heavy atom. The summed E-state index contributed by atoms with van der Waals surface area (Å²) in [5.74, 6) is 1.17. The molecular weight excluding hydrogens is 294 g/mol. The second-order valence-corrected chi connectivity index (χ2v) is 5.92. The van der Waals surface area contributed by atoms with Gasteiger partial charge in [0.05, 0.1) is 11.4 Å². The van der Waals surface area contributed by atoms with Gasteiger partial charge in [0.25, 0.3) is 0 Å². The fourth-order valence-corrected chi connectivity index (χ4v) is 3.24. The molecule has 1 aromatic carbocycles. The van der Waals surface area contributed by atoms with Crippen molar-refractivity contribution in [1.29, 1.82) is 0 Å². The minimum Gasteiger partial charge on any atom is -0.508 e. The number of imidazole rings is 1. The van der Waals surface area contributed by atoms with Crippen molar-refractivity contribution in [2.24, 2.45) is 0 Å². The first-order chi connectivity index (χ1) is 10.8. The highest BCUT2D eigenvalue weighted by atomic mass is 32.1. The van der Waals surface area contributed by atoms with E-state index in [1.54, 1.807) is 23.6 Å². The van der Waals surface area contributed by atoms with Crippen LogP contribution in [-0.4, -0.2) is 19.6 Å². The van der Waals surface area contributed by atoms with Crippen molar-refractivity contribution in [3.05, 3.63) is 65.7 Å². The molecule has 0 saturated carbocycles. The second kappa shape index (κ2) is 5.27. The number of rotatable bonds is 3. The van der Waals surface area contributed by atoms with Gasteiger partial charge in [0.2, 0.25) is 0 Å². The number of hydrogen-bond donors (Lipinski definition) is 1. The average molecular weight is 307 g/mol. The topological polar surface area (TPSA) is 50.9 Å². The molecule has 108 valence electrons. The third-order valence-corrected chi connectivity index (χ3v) is 4.43. The van der Waals surface area contributed by atoms with Crippen LogP contribution in [0.15, 0.2) is 60.1 Å². The highest BCUT2D eigenvalue weighted by molar-refractivity contribution is 7.13. The first-order valence-corrected chi connectivity index (χ1v) is 7.83. The Balaban J connectivity index is 1.91. The van der Waals surface area contributed by atoms with Gasteiger partial charge in [0, 0.05) is 11.8 Å². The first-order valence-electron chi connectivity index (χ1n) is 6.95. The minimum absolute atomic E-state index is 0.289. The summed E-state index contributed by atoms with van der Waals surface area (Å²) in [6.07, 6.45) is 1.77. The van der Waals surface area contributed by atoms with Crippen molar-refractivity contribution in [1.82, 2.24) is 14.5 Å². The van der Waals surface area contributed by atoms with Gasteiger partial charge in [0.15, 0.2) is 11.5 Å². The number of aromatic hydroxyl groups is 1. The normalized spacial score (nSPS) is 11.1. The van der Waals surface area contributed by atoms with Crippen LogP contribution in [0.1, 0.15) is 5.56 Å². The molecule has 22 heavy (non-hydrogen) atoms. The summed E-state index contributed by atoms with van der Waals surface area (Å²) in [6.45, 7) is 0.535. The largest absolute Gasteiger partial charge is 0.508 e. The third-order valence-electron chi connectivity index (χ3n) is 3.57. The Hall–Kier alpha value is -2.66. The molecule has 4 rings (SSSR count). The molecule has 5 heteroatoms. The van der Waals surface area contributed by atoms with E-state index < -0.39 is 0 Å². The van der Waals surface area contributed by atoms with Crippen molar-refractivity contribution in [3.63, 3.8) is 0 Å². The SMILES string of the molecule is Oc1ccccc1Cn1c(-c2cccs2)nc2cccnc21. The molecule has 0 aliphatic carbocycles. The fraction of sp³-hybridized carbons (Fsp3) is 0.0588. The molecule has 0 atom stereocenters. The van der Waals surface area contributed by atoms with Gasteiger partial charge in [-0.1, -0.05) is 24.3 Å². The summed E-state index contributed by atoms with van der Waals surface area (Å²) in [4.78, 5) is 10.3. The number of phenols is 1. The molecule has 0 bridgehead atoms. The number of fused-ring (bicyclic) bond motifs is 1. The standard InChI is InChI=1S/C17H13N3OS/c21-14-7-2-1-5-12(14)11-20-16-13(6-3-9-18-16)19-17(20)15-8-4-10-22-15/h1-10,21H,11H2. The van der Waals surface area contributed by atoms with E-state index in [-0.39, 0.29) is 5.75 Å². The molecule has 0 amide bonds. The van der Waals surface area contributed by atoms with E-state index in [1.807, 2.05) is 47.8 Å². The van der Waals surface area contributed by atoms with Gasteiger partial charge in [-0.15, -0.1) is 11.3 Å². The number of para-hydroxylation sites is 1. The van der Waals surface area contributed by atoms with Crippen molar-refractivity contribution >= 4 is 22.5 Å². The Labute approximate surface area is 131 Å². The summed E-state index contributed by atoms with van der Waals surface area (Å²) in [5.41, 5.74) is 2.54. The van der Waals surface area contributed by atoms with Crippen molar-refractivity contribution in [2.45, 2.75) is 6.54 Å². The van der Waals surface area contributed by atoms with Crippen LogP contribution in [0.2, 0.25) is 0 Å². The van der Waals surface area contributed by atoms with E-state index in [4.69, 9.17) is 4.98 Å². The second-order valence-electron chi connectivity index (χ2n) is 4.97.